The van der Waals surface area contributed by atoms with E-state index in [1.165, 1.54) is 0 Å². The van der Waals surface area contributed by atoms with Crippen LogP contribution in [0.3, 0.4) is 0 Å². The van der Waals surface area contributed by atoms with Gasteiger partial charge in [0.15, 0.2) is 6.61 Å². The maximum absolute atomic E-state index is 12.1. The molecule has 7 nitrogen and oxygen atoms in total. The Labute approximate surface area is 181 Å². The van der Waals surface area contributed by atoms with E-state index < -0.39 is 11.9 Å². The summed E-state index contributed by atoms with van der Waals surface area (Å²) in [7, 11) is 0. The number of hydrogen-bond donors (Lipinski definition) is 1. The van der Waals surface area contributed by atoms with Crippen LogP contribution in [0, 0.1) is 17.4 Å². The lowest BCUT2D eigenvalue weighted by atomic mass is 10.2. The molecule has 3 rings (SSSR count). The molecule has 29 heavy (non-hydrogen) atoms. The first-order valence-electron chi connectivity index (χ1n) is 8.79. The zero-order chi connectivity index (χ0) is 20.8. The van der Waals surface area contributed by atoms with E-state index in [9.17, 15) is 9.59 Å². The van der Waals surface area contributed by atoms with Gasteiger partial charge >= 0.3 is 5.97 Å². The number of carbonyl (C=O) groups excluding carboxylic acids is 2. The van der Waals surface area contributed by atoms with Crippen molar-refractivity contribution < 1.29 is 23.6 Å². The van der Waals surface area contributed by atoms with Crippen molar-refractivity contribution in [3.63, 3.8) is 0 Å². The van der Waals surface area contributed by atoms with Gasteiger partial charge in [-0.15, -0.1) is 0 Å². The SMILES string of the molecule is Cc1noc(C)c1COc1ccc(C(=O)OCC(=O)Nc2ccc(I)cc2)cc1. The van der Waals surface area contributed by atoms with Gasteiger partial charge in [0.1, 0.15) is 18.1 Å². The molecule has 0 saturated heterocycles. The molecule has 150 valence electrons. The minimum Gasteiger partial charge on any atom is -0.489 e. The Kier molecular flexibility index (Phi) is 6.86. The first kappa shape index (κ1) is 20.8. The number of halogens is 1. The highest BCUT2D eigenvalue weighted by molar-refractivity contribution is 14.1. The van der Waals surface area contributed by atoms with Crippen LogP contribution in [0.25, 0.3) is 0 Å². The monoisotopic (exact) mass is 506 g/mol. The second-order valence-corrected chi connectivity index (χ2v) is 7.49. The van der Waals surface area contributed by atoms with Crippen molar-refractivity contribution in [2.45, 2.75) is 20.5 Å². The molecule has 0 unspecified atom stereocenters. The van der Waals surface area contributed by atoms with Gasteiger partial charge in [0.05, 0.1) is 16.8 Å². The largest absolute Gasteiger partial charge is 0.489 e. The number of ether oxygens (including phenoxy) is 2. The van der Waals surface area contributed by atoms with Crippen LogP contribution in [0.4, 0.5) is 5.69 Å². The van der Waals surface area contributed by atoms with Gasteiger partial charge in [-0.3, -0.25) is 4.79 Å². The molecular formula is C21H19IN2O5. The molecule has 0 atom stereocenters. The molecule has 0 aliphatic rings. The number of nitrogens with zero attached hydrogens (tertiary/aromatic N) is 1. The fourth-order valence-corrected chi connectivity index (χ4v) is 2.86. The van der Waals surface area contributed by atoms with Gasteiger partial charge in [-0.05, 0) is 85.0 Å². The smallest absolute Gasteiger partial charge is 0.338 e. The number of hydrogen-bond acceptors (Lipinski definition) is 6. The van der Waals surface area contributed by atoms with E-state index in [0.717, 1.165) is 14.8 Å². The summed E-state index contributed by atoms with van der Waals surface area (Å²) >= 11 is 2.18. The quantitative estimate of drug-likeness (QED) is 0.380. The van der Waals surface area contributed by atoms with Gasteiger partial charge in [-0.1, -0.05) is 5.16 Å². The molecular weight excluding hydrogens is 487 g/mol. The topological polar surface area (TPSA) is 90.7 Å². The highest BCUT2D eigenvalue weighted by Gasteiger charge is 2.12. The van der Waals surface area contributed by atoms with Crippen molar-refractivity contribution in [2.75, 3.05) is 11.9 Å². The van der Waals surface area contributed by atoms with E-state index in [1.807, 2.05) is 26.0 Å². The molecule has 0 aliphatic carbocycles. The molecule has 0 saturated carbocycles. The third kappa shape index (κ3) is 5.80. The van der Waals surface area contributed by atoms with E-state index in [1.54, 1.807) is 36.4 Å². The van der Waals surface area contributed by atoms with Crippen LogP contribution < -0.4 is 10.1 Å². The number of aryl methyl sites for hydroxylation is 2. The fraction of sp³-hybridized carbons (Fsp3) is 0.190. The molecule has 3 aromatic rings. The molecule has 1 heterocycles. The van der Waals surface area contributed by atoms with E-state index in [0.29, 0.717) is 29.4 Å². The minimum absolute atomic E-state index is 0.323. The van der Waals surface area contributed by atoms with Crippen molar-refractivity contribution in [1.82, 2.24) is 5.16 Å². The molecule has 1 aromatic heterocycles. The van der Waals surface area contributed by atoms with Crippen molar-refractivity contribution in [3.8, 4) is 5.75 Å². The number of carbonyl (C=O) groups is 2. The minimum atomic E-state index is -0.583. The van der Waals surface area contributed by atoms with Crippen LogP contribution in [0.5, 0.6) is 5.75 Å². The molecule has 1 amide bonds. The zero-order valence-electron chi connectivity index (χ0n) is 15.9. The van der Waals surface area contributed by atoms with Gasteiger partial charge in [0.2, 0.25) is 0 Å². The first-order chi connectivity index (χ1) is 13.9. The Morgan fingerprint density at radius 2 is 1.76 bits per heavy atom. The molecule has 0 aliphatic heterocycles. The number of nitrogens with one attached hydrogen (secondary N) is 1. The Morgan fingerprint density at radius 3 is 2.38 bits per heavy atom. The lowest BCUT2D eigenvalue weighted by molar-refractivity contribution is -0.119. The molecule has 8 heteroatoms. The summed E-state index contributed by atoms with van der Waals surface area (Å²) in [5.41, 5.74) is 2.65. The first-order valence-corrected chi connectivity index (χ1v) is 9.87. The Morgan fingerprint density at radius 1 is 1.07 bits per heavy atom. The average Bonchev–Trinajstić information content (AvgIpc) is 3.04. The summed E-state index contributed by atoms with van der Waals surface area (Å²) in [6.07, 6.45) is 0. The number of esters is 1. The van der Waals surface area contributed by atoms with Crippen LogP contribution in [0.1, 0.15) is 27.4 Å². The normalized spacial score (nSPS) is 10.4. The molecule has 0 fully saturated rings. The highest BCUT2D eigenvalue weighted by Crippen LogP contribution is 2.18. The van der Waals surface area contributed by atoms with E-state index in [4.69, 9.17) is 14.0 Å². The lowest BCUT2D eigenvalue weighted by Gasteiger charge is -2.08. The predicted octanol–water partition coefficient (Wildman–Crippen LogP) is 4.27. The van der Waals surface area contributed by atoms with Gasteiger partial charge in [0, 0.05) is 9.26 Å². The second-order valence-electron chi connectivity index (χ2n) is 6.25. The summed E-state index contributed by atoms with van der Waals surface area (Å²) in [4.78, 5) is 24.0. The number of aromatic nitrogens is 1. The standard InChI is InChI=1S/C21H19IN2O5/c1-13-19(14(2)29-24-13)11-27-18-9-3-15(4-10-18)21(26)28-12-20(25)23-17-7-5-16(22)6-8-17/h3-10H,11-12H2,1-2H3,(H,23,25). The summed E-state index contributed by atoms with van der Waals surface area (Å²) in [6.45, 7) is 3.63. The van der Waals surface area contributed by atoms with Gasteiger partial charge in [0.25, 0.3) is 5.91 Å². The van der Waals surface area contributed by atoms with Gasteiger partial charge in [-0.25, -0.2) is 4.79 Å². The maximum atomic E-state index is 12.1. The number of benzene rings is 2. The Bertz CT molecular complexity index is 977. The van der Waals surface area contributed by atoms with E-state index >= 15 is 0 Å². The Balaban J connectivity index is 1.48. The van der Waals surface area contributed by atoms with Crippen LogP contribution in [-0.2, 0) is 16.1 Å². The summed E-state index contributed by atoms with van der Waals surface area (Å²) < 4.78 is 16.9. The fourth-order valence-electron chi connectivity index (χ4n) is 2.50. The van der Waals surface area contributed by atoms with Crippen molar-refractivity contribution in [3.05, 3.63) is 74.7 Å². The lowest BCUT2D eigenvalue weighted by Crippen LogP contribution is -2.20. The maximum Gasteiger partial charge on any atom is 0.338 e. The van der Waals surface area contributed by atoms with Gasteiger partial charge in [-0.2, -0.15) is 0 Å². The average molecular weight is 506 g/mol. The molecule has 0 spiro atoms. The van der Waals surface area contributed by atoms with Crippen LogP contribution >= 0.6 is 22.6 Å². The number of rotatable bonds is 7. The molecule has 0 radical (unpaired) electrons. The number of amides is 1. The second kappa shape index (κ2) is 9.55. The summed E-state index contributed by atoms with van der Waals surface area (Å²) in [5.74, 6) is 0.322. The van der Waals surface area contributed by atoms with Crippen molar-refractivity contribution in [2.24, 2.45) is 0 Å². The predicted molar refractivity (Wildman–Crippen MR) is 115 cm³/mol. The Hall–Kier alpha value is -2.88. The van der Waals surface area contributed by atoms with Crippen molar-refractivity contribution in [1.29, 1.82) is 0 Å². The molecule has 2 aromatic carbocycles. The van der Waals surface area contributed by atoms with Crippen LogP contribution in [0.2, 0.25) is 0 Å². The molecule has 0 bridgehead atoms. The molecule has 1 N–H and O–H groups in total. The summed E-state index contributed by atoms with van der Waals surface area (Å²) in [5, 5.41) is 6.55. The van der Waals surface area contributed by atoms with Crippen LogP contribution in [0.15, 0.2) is 53.1 Å². The van der Waals surface area contributed by atoms with Crippen LogP contribution in [-0.4, -0.2) is 23.6 Å². The van der Waals surface area contributed by atoms with Crippen molar-refractivity contribution >= 4 is 40.2 Å². The van der Waals surface area contributed by atoms with E-state index in [2.05, 4.69) is 33.1 Å². The van der Waals surface area contributed by atoms with Gasteiger partial charge < -0.3 is 19.3 Å². The summed E-state index contributed by atoms with van der Waals surface area (Å²) in [6, 6.07) is 13.8. The number of anilines is 1. The highest BCUT2D eigenvalue weighted by atomic mass is 127. The van der Waals surface area contributed by atoms with E-state index in [-0.39, 0.29) is 6.61 Å². The zero-order valence-corrected chi connectivity index (χ0v) is 18.1. The third-order valence-corrected chi connectivity index (χ3v) is 4.84. The third-order valence-electron chi connectivity index (χ3n) is 4.12.